The van der Waals surface area contributed by atoms with Crippen LogP contribution in [0.3, 0.4) is 0 Å². The number of aryl methyl sites for hydroxylation is 1. The van der Waals surface area contributed by atoms with E-state index in [1.807, 2.05) is 35.8 Å². The first-order valence-electron chi connectivity index (χ1n) is 11.7. The third kappa shape index (κ3) is 4.86. The maximum absolute atomic E-state index is 14.6. The molecule has 10 heteroatoms. The first-order valence-corrected chi connectivity index (χ1v) is 12.5. The van der Waals surface area contributed by atoms with Gasteiger partial charge in [-0.3, -0.25) is 4.98 Å². The second-order valence-electron chi connectivity index (χ2n) is 8.72. The zero-order valence-corrected chi connectivity index (χ0v) is 21.2. The molecule has 36 heavy (non-hydrogen) atoms. The van der Waals surface area contributed by atoms with Crippen LogP contribution in [0.15, 0.2) is 36.7 Å². The van der Waals surface area contributed by atoms with E-state index in [0.29, 0.717) is 53.0 Å². The number of fused-ring (bicyclic) bond motifs is 1. The number of hydrogen-bond donors (Lipinski definition) is 1. The largest absolute Gasteiger partial charge is 0.491 e. The lowest BCUT2D eigenvalue weighted by Crippen LogP contribution is -2.12. The van der Waals surface area contributed by atoms with E-state index in [1.54, 1.807) is 6.20 Å². The standard InChI is InChI=1S/C26H27FN4O4S/c1-15-10-18-23(19(27)13-30-25(18)33-2)31(15)9-8-28-17-6-7-29-20(11-17)22-12-21(35-14-16-4-5-16)24(36-22)26(32)34-3/h6-7,10-13,16H,4-5,8-9,14H2,1-3H3,(H,28,29). The van der Waals surface area contributed by atoms with Crippen molar-refractivity contribution >= 4 is 33.9 Å². The van der Waals surface area contributed by atoms with E-state index < -0.39 is 5.97 Å². The molecule has 0 amide bonds. The molecule has 0 bridgehead atoms. The molecular weight excluding hydrogens is 483 g/mol. The van der Waals surface area contributed by atoms with Crippen LogP contribution in [0.5, 0.6) is 11.6 Å². The molecule has 0 spiro atoms. The molecule has 4 aromatic heterocycles. The minimum Gasteiger partial charge on any atom is -0.491 e. The summed E-state index contributed by atoms with van der Waals surface area (Å²) in [5, 5.41) is 4.04. The van der Waals surface area contributed by atoms with Crippen molar-refractivity contribution in [2.24, 2.45) is 5.92 Å². The first-order chi connectivity index (χ1) is 17.5. The Bertz CT molecular complexity index is 1410. The van der Waals surface area contributed by atoms with E-state index in [0.717, 1.165) is 34.8 Å². The minimum atomic E-state index is -0.417. The van der Waals surface area contributed by atoms with E-state index in [2.05, 4.69) is 15.3 Å². The number of methoxy groups -OCH3 is 2. The lowest BCUT2D eigenvalue weighted by Gasteiger charge is -2.12. The molecule has 188 valence electrons. The number of nitrogens with one attached hydrogen (secondary N) is 1. The van der Waals surface area contributed by atoms with E-state index >= 15 is 0 Å². The quantitative estimate of drug-likeness (QED) is 0.290. The second-order valence-corrected chi connectivity index (χ2v) is 9.77. The van der Waals surface area contributed by atoms with Gasteiger partial charge in [0.05, 0.1) is 48.5 Å². The monoisotopic (exact) mass is 510 g/mol. The Kier molecular flexibility index (Phi) is 6.77. The summed E-state index contributed by atoms with van der Waals surface area (Å²) in [4.78, 5) is 22.0. The van der Waals surface area contributed by atoms with Gasteiger partial charge in [-0.15, -0.1) is 11.3 Å². The molecule has 0 unspecified atom stereocenters. The molecule has 8 nitrogen and oxygen atoms in total. The fourth-order valence-corrected chi connectivity index (χ4v) is 5.10. The van der Waals surface area contributed by atoms with Gasteiger partial charge in [-0.05, 0) is 43.9 Å². The molecular formula is C26H27FN4O4S. The lowest BCUT2D eigenvalue weighted by atomic mass is 10.2. The SMILES string of the molecule is COC(=O)c1sc(-c2cc(NCCn3c(C)cc4c(OC)ncc(F)c43)ccn2)cc1OCC1CC1. The van der Waals surface area contributed by atoms with Crippen molar-refractivity contribution in [1.29, 1.82) is 0 Å². The summed E-state index contributed by atoms with van der Waals surface area (Å²) >= 11 is 1.30. The number of nitrogens with zero attached hydrogens (tertiary/aromatic N) is 3. The van der Waals surface area contributed by atoms with Gasteiger partial charge in [0.25, 0.3) is 0 Å². The zero-order chi connectivity index (χ0) is 25.2. The molecule has 1 saturated carbocycles. The number of carbonyl (C=O) groups is 1. The average Bonchev–Trinajstić information content (AvgIpc) is 3.52. The Hall–Kier alpha value is -3.66. The van der Waals surface area contributed by atoms with Gasteiger partial charge in [0.1, 0.15) is 5.75 Å². The van der Waals surface area contributed by atoms with Gasteiger partial charge >= 0.3 is 5.97 Å². The molecule has 0 aromatic carbocycles. The molecule has 4 heterocycles. The van der Waals surface area contributed by atoms with Crippen LogP contribution in [0.2, 0.25) is 0 Å². The number of esters is 1. The highest BCUT2D eigenvalue weighted by Gasteiger charge is 2.25. The highest BCUT2D eigenvalue weighted by Crippen LogP contribution is 2.38. The van der Waals surface area contributed by atoms with E-state index in [9.17, 15) is 9.18 Å². The Labute approximate surface area is 212 Å². The highest BCUT2D eigenvalue weighted by molar-refractivity contribution is 7.17. The lowest BCUT2D eigenvalue weighted by molar-refractivity contribution is 0.0602. The predicted molar refractivity (Wildman–Crippen MR) is 137 cm³/mol. The fourth-order valence-electron chi connectivity index (χ4n) is 4.12. The van der Waals surface area contributed by atoms with Crippen molar-refractivity contribution in [3.63, 3.8) is 0 Å². The molecule has 1 N–H and O–H groups in total. The smallest absolute Gasteiger partial charge is 0.351 e. The number of pyridine rings is 2. The van der Waals surface area contributed by atoms with Gasteiger partial charge in [0.15, 0.2) is 10.7 Å². The van der Waals surface area contributed by atoms with Gasteiger partial charge in [-0.25, -0.2) is 14.2 Å². The third-order valence-corrected chi connectivity index (χ3v) is 7.29. The Morgan fingerprint density at radius 3 is 2.83 bits per heavy atom. The number of ether oxygens (including phenoxy) is 3. The van der Waals surface area contributed by atoms with Crippen molar-refractivity contribution in [1.82, 2.24) is 14.5 Å². The molecule has 4 aromatic rings. The van der Waals surface area contributed by atoms with Crippen molar-refractivity contribution in [2.45, 2.75) is 26.3 Å². The number of halogens is 1. The Morgan fingerprint density at radius 2 is 2.08 bits per heavy atom. The van der Waals surface area contributed by atoms with Gasteiger partial charge in [-0.1, -0.05) is 0 Å². The maximum Gasteiger partial charge on any atom is 0.351 e. The molecule has 0 aliphatic heterocycles. The van der Waals surface area contributed by atoms with Crippen LogP contribution in [0.25, 0.3) is 21.5 Å². The summed E-state index contributed by atoms with van der Waals surface area (Å²) in [5.41, 5.74) is 2.98. The van der Waals surface area contributed by atoms with Crippen LogP contribution < -0.4 is 14.8 Å². The summed E-state index contributed by atoms with van der Waals surface area (Å²) in [6.07, 6.45) is 5.23. The van der Waals surface area contributed by atoms with Crippen LogP contribution in [0.1, 0.15) is 28.2 Å². The van der Waals surface area contributed by atoms with Crippen LogP contribution in [-0.2, 0) is 11.3 Å². The van der Waals surface area contributed by atoms with E-state index in [-0.39, 0.29) is 5.82 Å². The summed E-state index contributed by atoms with van der Waals surface area (Å²) in [6, 6.07) is 7.53. The number of aromatic nitrogens is 3. The number of rotatable bonds is 10. The van der Waals surface area contributed by atoms with E-state index in [1.165, 1.54) is 31.8 Å². The summed E-state index contributed by atoms with van der Waals surface area (Å²) < 4.78 is 32.6. The molecule has 1 aliphatic rings. The van der Waals surface area contributed by atoms with Crippen molar-refractivity contribution in [2.75, 3.05) is 32.7 Å². The van der Waals surface area contributed by atoms with Gasteiger partial charge in [0.2, 0.25) is 5.88 Å². The summed E-state index contributed by atoms with van der Waals surface area (Å²) in [5.74, 6) is 0.707. The second kappa shape index (κ2) is 10.1. The van der Waals surface area contributed by atoms with Crippen molar-refractivity contribution < 1.29 is 23.4 Å². The van der Waals surface area contributed by atoms with Crippen molar-refractivity contribution in [3.05, 3.63) is 53.0 Å². The topological polar surface area (TPSA) is 87.5 Å². The predicted octanol–water partition coefficient (Wildman–Crippen LogP) is 5.30. The minimum absolute atomic E-state index is 0.385. The molecule has 1 fully saturated rings. The Balaban J connectivity index is 1.32. The first kappa shape index (κ1) is 24.1. The highest BCUT2D eigenvalue weighted by atomic mass is 32.1. The summed E-state index contributed by atoms with van der Waals surface area (Å²) in [7, 11) is 2.89. The van der Waals surface area contributed by atoms with Gasteiger partial charge in [-0.2, -0.15) is 0 Å². The van der Waals surface area contributed by atoms with Crippen LogP contribution in [-0.4, -0.2) is 47.9 Å². The molecule has 1 aliphatic carbocycles. The van der Waals surface area contributed by atoms with Gasteiger partial charge in [0, 0.05) is 36.7 Å². The third-order valence-electron chi connectivity index (χ3n) is 6.17. The van der Waals surface area contributed by atoms with E-state index in [4.69, 9.17) is 14.2 Å². The zero-order valence-electron chi connectivity index (χ0n) is 20.3. The van der Waals surface area contributed by atoms with Crippen LogP contribution in [0, 0.1) is 18.7 Å². The number of carbonyl (C=O) groups excluding carboxylic acids is 1. The molecule has 5 rings (SSSR count). The normalized spacial score (nSPS) is 13.1. The average molecular weight is 511 g/mol. The van der Waals surface area contributed by atoms with Crippen molar-refractivity contribution in [3.8, 4) is 22.2 Å². The molecule has 0 atom stereocenters. The Morgan fingerprint density at radius 1 is 1.25 bits per heavy atom. The van der Waals surface area contributed by atoms with Gasteiger partial charge < -0.3 is 24.1 Å². The number of hydrogen-bond acceptors (Lipinski definition) is 8. The molecule has 0 saturated heterocycles. The maximum atomic E-state index is 14.6. The van der Waals surface area contributed by atoms with Crippen LogP contribution in [0.4, 0.5) is 10.1 Å². The number of anilines is 1. The fraction of sp³-hybridized carbons (Fsp3) is 0.346. The number of thiophene rings is 1. The summed E-state index contributed by atoms with van der Waals surface area (Å²) in [6.45, 7) is 3.64. The van der Waals surface area contributed by atoms with Crippen LogP contribution >= 0.6 is 11.3 Å². The molecule has 0 radical (unpaired) electrons.